The number of aromatic nitrogens is 2. The van der Waals surface area contributed by atoms with Gasteiger partial charge in [-0.15, -0.1) is 0 Å². The van der Waals surface area contributed by atoms with E-state index in [0.717, 1.165) is 0 Å². The van der Waals surface area contributed by atoms with E-state index in [1.807, 2.05) is 0 Å². The van der Waals surface area contributed by atoms with Gasteiger partial charge < -0.3 is 4.98 Å². The number of aromatic amines is 1. The number of benzene rings is 1. The van der Waals surface area contributed by atoms with Crippen LogP contribution in [0.1, 0.15) is 10.4 Å². The SMILES string of the molecule is O=Cc1c(S(=O)(=O)Cl)ccc2[nH]cnc12. The first-order chi connectivity index (χ1) is 7.04. The molecule has 0 atom stereocenters. The zero-order valence-corrected chi connectivity index (χ0v) is 8.84. The predicted molar refractivity (Wildman–Crippen MR) is 54.5 cm³/mol. The summed E-state index contributed by atoms with van der Waals surface area (Å²) in [5.41, 5.74) is 0.858. The quantitative estimate of drug-likeness (QED) is 0.638. The highest BCUT2D eigenvalue weighted by molar-refractivity contribution is 8.13. The number of fused-ring (bicyclic) bond motifs is 1. The maximum atomic E-state index is 11.1. The van der Waals surface area contributed by atoms with Gasteiger partial charge in [0.2, 0.25) is 0 Å². The van der Waals surface area contributed by atoms with Crippen LogP contribution in [0.2, 0.25) is 0 Å². The Morgan fingerprint density at radius 3 is 2.73 bits per heavy atom. The molecule has 7 heteroatoms. The van der Waals surface area contributed by atoms with Crippen molar-refractivity contribution in [3.05, 3.63) is 24.0 Å². The number of nitrogens with one attached hydrogen (secondary N) is 1. The molecular formula is C8H5ClN2O3S. The number of nitrogens with zero attached hydrogens (tertiary/aromatic N) is 1. The van der Waals surface area contributed by atoms with Crippen molar-refractivity contribution in [3.63, 3.8) is 0 Å². The summed E-state index contributed by atoms with van der Waals surface area (Å²) in [6.07, 6.45) is 1.81. The van der Waals surface area contributed by atoms with Crippen molar-refractivity contribution in [2.45, 2.75) is 4.90 Å². The lowest BCUT2D eigenvalue weighted by Gasteiger charge is -2.00. The Kier molecular flexibility index (Phi) is 2.24. The van der Waals surface area contributed by atoms with Gasteiger partial charge in [0.25, 0.3) is 9.05 Å². The van der Waals surface area contributed by atoms with Gasteiger partial charge in [0.15, 0.2) is 6.29 Å². The predicted octanol–water partition coefficient (Wildman–Crippen LogP) is 1.30. The molecule has 1 aromatic carbocycles. The average molecular weight is 245 g/mol. The van der Waals surface area contributed by atoms with Gasteiger partial charge in [-0.3, -0.25) is 4.79 Å². The molecule has 0 spiro atoms. The number of hydrogen-bond donors (Lipinski definition) is 1. The number of imidazole rings is 1. The van der Waals surface area contributed by atoms with E-state index in [9.17, 15) is 13.2 Å². The minimum Gasteiger partial charge on any atom is -0.345 e. The maximum Gasteiger partial charge on any atom is 0.262 e. The molecule has 0 aliphatic rings. The van der Waals surface area contributed by atoms with Crippen molar-refractivity contribution in [1.29, 1.82) is 0 Å². The van der Waals surface area contributed by atoms with Crippen molar-refractivity contribution < 1.29 is 13.2 Å². The molecule has 0 bridgehead atoms. The Bertz CT molecular complexity index is 632. The van der Waals surface area contributed by atoms with E-state index in [4.69, 9.17) is 10.7 Å². The zero-order chi connectivity index (χ0) is 11.1. The molecule has 1 N–H and O–H groups in total. The van der Waals surface area contributed by atoms with E-state index in [2.05, 4.69) is 9.97 Å². The number of carbonyl (C=O) groups excluding carboxylic acids is 1. The van der Waals surface area contributed by atoms with Crippen LogP contribution in [0.4, 0.5) is 0 Å². The summed E-state index contributed by atoms with van der Waals surface area (Å²) >= 11 is 0. The molecule has 0 aliphatic heterocycles. The first kappa shape index (κ1) is 10.1. The van der Waals surface area contributed by atoms with E-state index < -0.39 is 9.05 Å². The number of aldehydes is 1. The van der Waals surface area contributed by atoms with Crippen LogP contribution >= 0.6 is 10.7 Å². The molecule has 1 heterocycles. The number of H-pyrrole nitrogens is 1. The largest absolute Gasteiger partial charge is 0.345 e. The van der Waals surface area contributed by atoms with Gasteiger partial charge in [-0.05, 0) is 12.1 Å². The molecule has 2 rings (SSSR count). The monoisotopic (exact) mass is 244 g/mol. The highest BCUT2D eigenvalue weighted by Gasteiger charge is 2.18. The van der Waals surface area contributed by atoms with Crippen LogP contribution in [-0.4, -0.2) is 24.7 Å². The number of halogens is 1. The Morgan fingerprint density at radius 2 is 2.13 bits per heavy atom. The van der Waals surface area contributed by atoms with Crippen LogP contribution in [0.25, 0.3) is 11.0 Å². The molecule has 0 radical (unpaired) electrons. The van der Waals surface area contributed by atoms with Crippen molar-refractivity contribution in [3.8, 4) is 0 Å². The fourth-order valence-electron chi connectivity index (χ4n) is 1.34. The number of carbonyl (C=O) groups is 1. The summed E-state index contributed by atoms with van der Waals surface area (Å²) in [5, 5.41) is 0. The standard InChI is InChI=1S/C8H5ClN2O3S/c9-15(13,14)7-2-1-6-8(5(7)3-12)11-4-10-6/h1-4H,(H,10,11). The van der Waals surface area contributed by atoms with Crippen molar-refractivity contribution >= 4 is 37.1 Å². The third kappa shape index (κ3) is 1.62. The van der Waals surface area contributed by atoms with E-state index in [1.165, 1.54) is 18.5 Å². The molecule has 0 saturated heterocycles. The molecule has 15 heavy (non-hydrogen) atoms. The van der Waals surface area contributed by atoms with E-state index in [1.54, 1.807) is 0 Å². The topological polar surface area (TPSA) is 79.9 Å². The smallest absolute Gasteiger partial charge is 0.262 e. The zero-order valence-electron chi connectivity index (χ0n) is 7.27. The Morgan fingerprint density at radius 1 is 1.40 bits per heavy atom. The van der Waals surface area contributed by atoms with Gasteiger partial charge in [0.05, 0.1) is 22.3 Å². The van der Waals surface area contributed by atoms with Crippen LogP contribution in [0.3, 0.4) is 0 Å². The highest BCUT2D eigenvalue weighted by atomic mass is 35.7. The summed E-state index contributed by atoms with van der Waals surface area (Å²) in [6.45, 7) is 0. The van der Waals surface area contributed by atoms with Gasteiger partial charge >= 0.3 is 0 Å². The van der Waals surface area contributed by atoms with E-state index in [0.29, 0.717) is 17.3 Å². The molecule has 0 unspecified atom stereocenters. The maximum absolute atomic E-state index is 11.1. The van der Waals surface area contributed by atoms with Crippen molar-refractivity contribution in [2.75, 3.05) is 0 Å². The van der Waals surface area contributed by atoms with Gasteiger partial charge in [0.1, 0.15) is 5.52 Å². The lowest BCUT2D eigenvalue weighted by molar-refractivity contribution is 0.112. The highest BCUT2D eigenvalue weighted by Crippen LogP contribution is 2.24. The third-order valence-corrected chi connectivity index (χ3v) is 3.35. The van der Waals surface area contributed by atoms with Crippen molar-refractivity contribution in [2.24, 2.45) is 0 Å². The fraction of sp³-hybridized carbons (Fsp3) is 0. The Hall–Kier alpha value is -1.40. The second kappa shape index (κ2) is 3.32. The molecule has 5 nitrogen and oxygen atoms in total. The molecule has 0 saturated carbocycles. The lowest BCUT2D eigenvalue weighted by Crippen LogP contribution is -1.98. The van der Waals surface area contributed by atoms with Gasteiger partial charge in [-0.2, -0.15) is 0 Å². The normalized spacial score (nSPS) is 11.8. The van der Waals surface area contributed by atoms with Crippen LogP contribution in [-0.2, 0) is 9.05 Å². The molecule has 0 aliphatic carbocycles. The number of hydrogen-bond acceptors (Lipinski definition) is 4. The molecular weight excluding hydrogens is 240 g/mol. The van der Waals surface area contributed by atoms with Crippen LogP contribution in [0.15, 0.2) is 23.4 Å². The van der Waals surface area contributed by atoms with Crippen LogP contribution in [0.5, 0.6) is 0 Å². The van der Waals surface area contributed by atoms with Gasteiger partial charge in [-0.25, -0.2) is 13.4 Å². The molecule has 78 valence electrons. The van der Waals surface area contributed by atoms with E-state index in [-0.39, 0.29) is 10.5 Å². The number of rotatable bonds is 2. The van der Waals surface area contributed by atoms with Gasteiger partial charge in [0, 0.05) is 10.7 Å². The summed E-state index contributed by atoms with van der Waals surface area (Å²) < 4.78 is 22.3. The second-order valence-electron chi connectivity index (χ2n) is 2.83. The minimum absolute atomic E-state index is 0.0243. The molecule has 0 amide bonds. The summed E-state index contributed by atoms with van der Waals surface area (Å²) in [6, 6.07) is 2.77. The van der Waals surface area contributed by atoms with Crippen LogP contribution in [0, 0.1) is 0 Å². The molecule has 1 aromatic heterocycles. The Balaban J connectivity index is 2.93. The lowest BCUT2D eigenvalue weighted by atomic mass is 10.2. The average Bonchev–Trinajstić information content (AvgIpc) is 2.61. The fourth-order valence-corrected chi connectivity index (χ4v) is 2.38. The van der Waals surface area contributed by atoms with Crippen LogP contribution < -0.4 is 0 Å². The summed E-state index contributed by atoms with van der Waals surface area (Å²) in [7, 11) is 1.26. The Labute approximate surface area is 89.5 Å². The van der Waals surface area contributed by atoms with E-state index >= 15 is 0 Å². The third-order valence-electron chi connectivity index (χ3n) is 1.97. The van der Waals surface area contributed by atoms with Crippen molar-refractivity contribution in [1.82, 2.24) is 9.97 Å². The first-order valence-electron chi connectivity index (χ1n) is 3.90. The summed E-state index contributed by atoms with van der Waals surface area (Å²) in [4.78, 5) is 17.2. The molecule has 0 fully saturated rings. The minimum atomic E-state index is -3.93. The second-order valence-corrected chi connectivity index (χ2v) is 5.37. The first-order valence-corrected chi connectivity index (χ1v) is 6.21. The summed E-state index contributed by atoms with van der Waals surface area (Å²) in [5.74, 6) is 0. The van der Waals surface area contributed by atoms with Gasteiger partial charge in [-0.1, -0.05) is 0 Å². The molecule has 2 aromatic rings.